The summed E-state index contributed by atoms with van der Waals surface area (Å²) in [6.07, 6.45) is 2.98. The number of methoxy groups -OCH3 is 1. The number of hydrogen-bond acceptors (Lipinski definition) is 4. The maximum Gasteiger partial charge on any atom is 0.305 e. The number of benzene rings is 1. The molecule has 5 nitrogen and oxygen atoms in total. The van der Waals surface area contributed by atoms with Crippen LogP contribution in [0.2, 0.25) is 0 Å². The molecule has 1 atom stereocenters. The number of likely N-dealkylation sites (tertiary alicyclic amines) is 1. The Kier molecular flexibility index (Phi) is 6.38. The molecule has 0 saturated carbocycles. The second-order valence-corrected chi connectivity index (χ2v) is 5.76. The van der Waals surface area contributed by atoms with Gasteiger partial charge >= 0.3 is 5.97 Å². The second kappa shape index (κ2) is 8.50. The SMILES string of the molecule is COC(=O)CCCC(=O)N1CCCC(Nc2cccc(F)c2)C1. The van der Waals surface area contributed by atoms with E-state index in [9.17, 15) is 14.0 Å². The van der Waals surface area contributed by atoms with Gasteiger partial charge in [0.15, 0.2) is 0 Å². The van der Waals surface area contributed by atoms with E-state index in [1.54, 1.807) is 6.07 Å². The lowest BCUT2D eigenvalue weighted by Crippen LogP contribution is -2.45. The summed E-state index contributed by atoms with van der Waals surface area (Å²) in [5, 5.41) is 3.28. The first kappa shape index (κ1) is 17.2. The van der Waals surface area contributed by atoms with Crippen molar-refractivity contribution in [3.8, 4) is 0 Å². The van der Waals surface area contributed by atoms with Gasteiger partial charge in [0.2, 0.25) is 5.91 Å². The Bertz CT molecular complexity index is 550. The van der Waals surface area contributed by atoms with Gasteiger partial charge in [-0.1, -0.05) is 6.07 Å². The number of esters is 1. The van der Waals surface area contributed by atoms with Crippen molar-refractivity contribution in [2.24, 2.45) is 0 Å². The Morgan fingerprint density at radius 3 is 2.96 bits per heavy atom. The van der Waals surface area contributed by atoms with Gasteiger partial charge in [-0.05, 0) is 37.5 Å². The number of anilines is 1. The molecule has 1 aromatic carbocycles. The van der Waals surface area contributed by atoms with Crippen LogP contribution in [-0.4, -0.2) is 43.0 Å². The van der Waals surface area contributed by atoms with Gasteiger partial charge in [0.25, 0.3) is 0 Å². The summed E-state index contributed by atoms with van der Waals surface area (Å²) in [7, 11) is 1.34. The number of amides is 1. The summed E-state index contributed by atoms with van der Waals surface area (Å²) in [6, 6.07) is 6.46. The Hall–Kier alpha value is -2.11. The van der Waals surface area contributed by atoms with Gasteiger partial charge in [0, 0.05) is 37.7 Å². The van der Waals surface area contributed by atoms with Gasteiger partial charge in [-0.2, -0.15) is 0 Å². The van der Waals surface area contributed by atoms with Crippen LogP contribution < -0.4 is 5.32 Å². The highest BCUT2D eigenvalue weighted by atomic mass is 19.1. The molecule has 23 heavy (non-hydrogen) atoms. The van der Waals surface area contributed by atoms with Crippen LogP contribution in [0.15, 0.2) is 24.3 Å². The fourth-order valence-corrected chi connectivity index (χ4v) is 2.78. The van der Waals surface area contributed by atoms with Crippen molar-refractivity contribution in [2.45, 2.75) is 38.1 Å². The average molecular weight is 322 g/mol. The van der Waals surface area contributed by atoms with Crippen LogP contribution in [0.4, 0.5) is 10.1 Å². The minimum absolute atomic E-state index is 0.0552. The fourth-order valence-electron chi connectivity index (χ4n) is 2.78. The van der Waals surface area contributed by atoms with Crippen LogP contribution >= 0.6 is 0 Å². The third-order valence-electron chi connectivity index (χ3n) is 3.97. The molecule has 6 heteroatoms. The van der Waals surface area contributed by atoms with E-state index in [0.717, 1.165) is 25.1 Å². The zero-order valence-corrected chi connectivity index (χ0v) is 13.4. The maximum atomic E-state index is 13.2. The van der Waals surface area contributed by atoms with Crippen LogP contribution in [0.3, 0.4) is 0 Å². The molecule has 1 aliphatic rings. The summed E-state index contributed by atoms with van der Waals surface area (Å²) in [5.41, 5.74) is 0.731. The predicted molar refractivity (Wildman–Crippen MR) is 85.5 cm³/mol. The summed E-state index contributed by atoms with van der Waals surface area (Å²) in [4.78, 5) is 25.1. The smallest absolute Gasteiger partial charge is 0.305 e. The largest absolute Gasteiger partial charge is 0.469 e. The number of hydrogen-bond donors (Lipinski definition) is 1. The Morgan fingerprint density at radius 1 is 1.39 bits per heavy atom. The minimum atomic E-state index is -0.290. The number of carbonyl (C=O) groups is 2. The topological polar surface area (TPSA) is 58.6 Å². The first-order valence-corrected chi connectivity index (χ1v) is 7.95. The molecule has 1 fully saturated rings. The van der Waals surface area contributed by atoms with Gasteiger partial charge in [-0.25, -0.2) is 4.39 Å². The first-order chi connectivity index (χ1) is 11.1. The van der Waals surface area contributed by atoms with Crippen LogP contribution in [0.25, 0.3) is 0 Å². The van der Waals surface area contributed by atoms with Crippen molar-refractivity contribution < 1.29 is 18.7 Å². The third kappa shape index (κ3) is 5.54. The molecular formula is C17H23FN2O3. The van der Waals surface area contributed by atoms with E-state index in [2.05, 4.69) is 10.1 Å². The standard InChI is InChI=1S/C17H23FN2O3/c1-23-17(22)9-3-8-16(21)20-10-4-7-15(12-20)19-14-6-2-5-13(18)11-14/h2,5-6,11,15,19H,3-4,7-10,12H2,1H3. The van der Waals surface area contributed by atoms with Crippen LogP contribution in [0.1, 0.15) is 32.1 Å². The number of ether oxygens (including phenoxy) is 1. The molecule has 126 valence electrons. The second-order valence-electron chi connectivity index (χ2n) is 5.76. The lowest BCUT2D eigenvalue weighted by Gasteiger charge is -2.33. The summed E-state index contributed by atoms with van der Waals surface area (Å²) < 4.78 is 17.8. The highest BCUT2D eigenvalue weighted by molar-refractivity contribution is 5.77. The van der Waals surface area contributed by atoms with Gasteiger partial charge < -0.3 is 15.0 Å². The van der Waals surface area contributed by atoms with Crippen molar-refractivity contribution in [2.75, 3.05) is 25.5 Å². The lowest BCUT2D eigenvalue weighted by atomic mass is 10.0. The first-order valence-electron chi connectivity index (χ1n) is 7.95. The summed E-state index contributed by atoms with van der Waals surface area (Å²) >= 11 is 0. The molecular weight excluding hydrogens is 299 g/mol. The van der Waals surface area contributed by atoms with E-state index in [1.807, 2.05) is 11.0 Å². The molecule has 0 aliphatic carbocycles. The molecule has 1 amide bonds. The van der Waals surface area contributed by atoms with E-state index in [0.29, 0.717) is 19.4 Å². The number of halogens is 1. The van der Waals surface area contributed by atoms with E-state index in [-0.39, 0.29) is 30.2 Å². The Balaban J connectivity index is 1.80. The predicted octanol–water partition coefficient (Wildman–Crippen LogP) is 2.57. The van der Waals surface area contributed by atoms with Crippen molar-refractivity contribution >= 4 is 17.6 Å². The van der Waals surface area contributed by atoms with Crippen LogP contribution in [-0.2, 0) is 14.3 Å². The van der Waals surface area contributed by atoms with E-state index < -0.39 is 0 Å². The molecule has 0 spiro atoms. The molecule has 1 heterocycles. The van der Waals surface area contributed by atoms with Crippen LogP contribution in [0, 0.1) is 5.82 Å². The van der Waals surface area contributed by atoms with E-state index in [4.69, 9.17) is 0 Å². The minimum Gasteiger partial charge on any atom is -0.469 e. The van der Waals surface area contributed by atoms with E-state index >= 15 is 0 Å². The van der Waals surface area contributed by atoms with E-state index in [1.165, 1.54) is 19.2 Å². The highest BCUT2D eigenvalue weighted by Gasteiger charge is 2.23. The third-order valence-corrected chi connectivity index (χ3v) is 3.97. The summed E-state index contributed by atoms with van der Waals surface area (Å²) in [6.45, 7) is 1.34. The molecule has 2 rings (SSSR count). The summed E-state index contributed by atoms with van der Waals surface area (Å²) in [5.74, 6) is -0.511. The van der Waals surface area contributed by atoms with Crippen LogP contribution in [0.5, 0.6) is 0 Å². The number of carbonyl (C=O) groups excluding carboxylic acids is 2. The Morgan fingerprint density at radius 2 is 2.22 bits per heavy atom. The maximum absolute atomic E-state index is 13.2. The molecule has 1 aliphatic heterocycles. The van der Waals surface area contributed by atoms with Gasteiger partial charge in [0.05, 0.1) is 7.11 Å². The average Bonchev–Trinajstić information content (AvgIpc) is 2.55. The number of piperidine rings is 1. The molecule has 1 aromatic rings. The molecule has 1 N–H and O–H groups in total. The van der Waals surface area contributed by atoms with Crippen molar-refractivity contribution in [3.05, 3.63) is 30.1 Å². The van der Waals surface area contributed by atoms with Crippen molar-refractivity contribution in [1.82, 2.24) is 4.90 Å². The quantitative estimate of drug-likeness (QED) is 0.818. The monoisotopic (exact) mass is 322 g/mol. The van der Waals surface area contributed by atoms with Gasteiger partial charge in [-0.3, -0.25) is 9.59 Å². The molecule has 0 bridgehead atoms. The molecule has 0 aromatic heterocycles. The number of nitrogens with one attached hydrogen (secondary N) is 1. The molecule has 0 radical (unpaired) electrons. The number of nitrogens with zero attached hydrogens (tertiary/aromatic N) is 1. The molecule has 1 unspecified atom stereocenters. The fraction of sp³-hybridized carbons (Fsp3) is 0.529. The van der Waals surface area contributed by atoms with Gasteiger partial charge in [-0.15, -0.1) is 0 Å². The molecule has 1 saturated heterocycles. The lowest BCUT2D eigenvalue weighted by molar-refractivity contribution is -0.141. The van der Waals surface area contributed by atoms with Crippen molar-refractivity contribution in [1.29, 1.82) is 0 Å². The Labute approximate surface area is 135 Å². The number of rotatable bonds is 6. The normalized spacial score (nSPS) is 17.7. The zero-order chi connectivity index (χ0) is 16.7. The van der Waals surface area contributed by atoms with Crippen molar-refractivity contribution in [3.63, 3.8) is 0 Å². The zero-order valence-electron chi connectivity index (χ0n) is 13.4. The van der Waals surface area contributed by atoms with Gasteiger partial charge in [0.1, 0.15) is 5.82 Å². The highest BCUT2D eigenvalue weighted by Crippen LogP contribution is 2.18.